The fraction of sp³-hybridized carbons (Fsp3) is 0.100. The van der Waals surface area contributed by atoms with Crippen LogP contribution >= 0.6 is 11.6 Å². The highest BCUT2D eigenvalue weighted by Crippen LogP contribution is 2.26. The van der Waals surface area contributed by atoms with Gasteiger partial charge in [-0.25, -0.2) is 16.8 Å². The van der Waals surface area contributed by atoms with E-state index in [1.54, 1.807) is 19.1 Å². The van der Waals surface area contributed by atoms with Gasteiger partial charge in [0.05, 0.1) is 15.5 Å². The highest BCUT2D eigenvalue weighted by molar-refractivity contribution is 7.92. The zero-order chi connectivity index (χ0) is 22.1. The van der Waals surface area contributed by atoms with Crippen molar-refractivity contribution in [1.82, 2.24) is 4.98 Å². The maximum Gasteiger partial charge on any atom is 0.261 e. The molecule has 0 aliphatic rings. The van der Waals surface area contributed by atoms with E-state index in [2.05, 4.69) is 9.71 Å². The van der Waals surface area contributed by atoms with Crippen LogP contribution in [0.2, 0.25) is 5.02 Å². The van der Waals surface area contributed by atoms with Crippen LogP contribution in [0.15, 0.2) is 70.6 Å². The predicted molar refractivity (Wildman–Crippen MR) is 114 cm³/mol. The number of nitrogens with zero attached hydrogens (tertiary/aromatic N) is 1. The molecule has 7 nitrogen and oxygen atoms in total. The van der Waals surface area contributed by atoms with Crippen LogP contribution in [0.5, 0.6) is 0 Å². The lowest BCUT2D eigenvalue weighted by Crippen LogP contribution is -2.16. The van der Waals surface area contributed by atoms with Gasteiger partial charge in [-0.05, 0) is 61.5 Å². The third-order valence-corrected chi connectivity index (χ3v) is 6.95. The van der Waals surface area contributed by atoms with Crippen LogP contribution in [-0.2, 0) is 19.9 Å². The van der Waals surface area contributed by atoms with E-state index in [1.807, 2.05) is 0 Å². The number of aromatic nitrogens is 1. The third-order valence-electron chi connectivity index (χ3n) is 4.21. The Bertz CT molecular complexity index is 1320. The summed E-state index contributed by atoms with van der Waals surface area (Å²) in [6, 6.07) is 12.2. The van der Waals surface area contributed by atoms with Gasteiger partial charge in [0.15, 0.2) is 15.6 Å². The van der Waals surface area contributed by atoms with Crippen molar-refractivity contribution in [3.05, 3.63) is 82.6 Å². The van der Waals surface area contributed by atoms with Crippen LogP contribution in [0, 0.1) is 6.92 Å². The Hall–Kier alpha value is -2.75. The molecule has 3 aromatic rings. The molecule has 0 fully saturated rings. The summed E-state index contributed by atoms with van der Waals surface area (Å²) in [4.78, 5) is 16.8. The van der Waals surface area contributed by atoms with Crippen molar-refractivity contribution >= 4 is 42.9 Å². The number of benzene rings is 2. The molecule has 0 spiro atoms. The van der Waals surface area contributed by atoms with Crippen molar-refractivity contribution in [1.29, 1.82) is 0 Å². The second-order valence-corrected chi connectivity index (χ2v) is 10.7. The highest BCUT2D eigenvalue weighted by atomic mass is 35.5. The van der Waals surface area contributed by atoms with Crippen LogP contribution in [0.4, 0.5) is 5.69 Å². The number of halogens is 1. The topological polar surface area (TPSA) is 110 Å². The maximum absolute atomic E-state index is 12.9. The molecule has 2 aromatic carbocycles. The minimum atomic E-state index is -4.09. The van der Waals surface area contributed by atoms with Gasteiger partial charge in [-0.15, -0.1) is 0 Å². The van der Waals surface area contributed by atoms with Crippen LogP contribution in [0.1, 0.15) is 21.6 Å². The van der Waals surface area contributed by atoms with Gasteiger partial charge in [-0.2, -0.15) is 0 Å². The van der Waals surface area contributed by atoms with E-state index in [0.717, 1.165) is 11.9 Å². The Labute approximate surface area is 179 Å². The van der Waals surface area contributed by atoms with Gasteiger partial charge in [-0.3, -0.25) is 14.5 Å². The molecular weight excluding hydrogens is 448 g/mol. The molecule has 1 heterocycles. The van der Waals surface area contributed by atoms with Crippen molar-refractivity contribution in [2.24, 2.45) is 0 Å². The Morgan fingerprint density at radius 3 is 2.13 bits per heavy atom. The van der Waals surface area contributed by atoms with E-state index in [4.69, 9.17) is 11.6 Å². The van der Waals surface area contributed by atoms with E-state index in [9.17, 15) is 21.6 Å². The van der Waals surface area contributed by atoms with Crippen LogP contribution < -0.4 is 4.72 Å². The SMILES string of the molecule is Cc1ccc(C(=O)c2cc(Cl)ccc2NS(=O)(=O)c2ccc(S(C)(=O)=O)cc2)cn1. The first-order valence-electron chi connectivity index (χ1n) is 8.57. The fourth-order valence-corrected chi connectivity index (χ4v) is 4.50. The standard InChI is InChI=1S/C20H17ClN2O5S2/c1-13-3-4-14(12-22-13)20(24)18-11-15(21)5-10-19(18)23-30(27,28)17-8-6-16(7-9-17)29(2,25)26/h3-12,23H,1-2H3. The number of nitrogens with one attached hydrogen (secondary N) is 1. The second kappa shape index (κ2) is 8.17. The summed E-state index contributed by atoms with van der Waals surface area (Å²) in [6.07, 6.45) is 2.43. The summed E-state index contributed by atoms with van der Waals surface area (Å²) < 4.78 is 51.1. The molecule has 0 atom stereocenters. The summed E-state index contributed by atoms with van der Waals surface area (Å²) in [5, 5.41) is 0.263. The van der Waals surface area contributed by atoms with Gasteiger partial charge >= 0.3 is 0 Å². The molecule has 0 aliphatic heterocycles. The molecule has 156 valence electrons. The zero-order valence-electron chi connectivity index (χ0n) is 16.0. The predicted octanol–water partition coefficient (Wildman–Crippen LogP) is 3.48. The molecule has 0 saturated heterocycles. The minimum Gasteiger partial charge on any atom is -0.288 e. The van der Waals surface area contributed by atoms with Crippen molar-refractivity contribution in [3.8, 4) is 0 Å². The molecule has 10 heteroatoms. The molecule has 0 aliphatic carbocycles. The number of aryl methyl sites for hydroxylation is 1. The summed E-state index contributed by atoms with van der Waals surface area (Å²) in [5.74, 6) is -0.449. The largest absolute Gasteiger partial charge is 0.288 e. The van der Waals surface area contributed by atoms with Crippen molar-refractivity contribution in [2.75, 3.05) is 11.0 Å². The Balaban J connectivity index is 1.98. The first-order valence-corrected chi connectivity index (χ1v) is 12.3. The van der Waals surface area contributed by atoms with Gasteiger partial charge in [0.1, 0.15) is 0 Å². The lowest BCUT2D eigenvalue weighted by molar-refractivity contribution is 0.103. The molecule has 0 amide bonds. The average molecular weight is 465 g/mol. The van der Waals surface area contributed by atoms with Gasteiger partial charge in [-0.1, -0.05) is 11.6 Å². The molecule has 0 bridgehead atoms. The number of carbonyl (C=O) groups is 1. The van der Waals surface area contributed by atoms with Crippen molar-refractivity contribution in [2.45, 2.75) is 16.7 Å². The number of hydrogen-bond acceptors (Lipinski definition) is 6. The zero-order valence-corrected chi connectivity index (χ0v) is 18.3. The molecule has 1 N–H and O–H groups in total. The second-order valence-electron chi connectivity index (χ2n) is 6.56. The van der Waals surface area contributed by atoms with Gasteiger partial charge in [0.2, 0.25) is 0 Å². The molecule has 0 radical (unpaired) electrons. The lowest BCUT2D eigenvalue weighted by atomic mass is 10.0. The third kappa shape index (κ3) is 4.86. The molecular formula is C20H17ClN2O5S2. The van der Waals surface area contributed by atoms with Gasteiger partial charge in [0, 0.05) is 34.3 Å². The number of pyridine rings is 1. The summed E-state index contributed by atoms with van der Waals surface area (Å²) >= 11 is 6.02. The Morgan fingerprint density at radius 1 is 0.933 bits per heavy atom. The number of sulfone groups is 1. The van der Waals surface area contributed by atoms with E-state index in [1.165, 1.54) is 48.7 Å². The average Bonchev–Trinajstić information content (AvgIpc) is 2.69. The number of anilines is 1. The summed E-state index contributed by atoms with van der Waals surface area (Å²) in [6.45, 7) is 1.78. The van der Waals surface area contributed by atoms with Crippen LogP contribution in [0.3, 0.4) is 0 Å². The Morgan fingerprint density at radius 2 is 1.57 bits per heavy atom. The van der Waals surface area contributed by atoms with Crippen LogP contribution in [0.25, 0.3) is 0 Å². The smallest absolute Gasteiger partial charge is 0.261 e. The quantitative estimate of drug-likeness (QED) is 0.559. The highest BCUT2D eigenvalue weighted by Gasteiger charge is 2.21. The van der Waals surface area contributed by atoms with E-state index >= 15 is 0 Å². The van der Waals surface area contributed by atoms with Gasteiger partial charge in [0.25, 0.3) is 10.0 Å². The maximum atomic E-state index is 12.9. The summed E-state index contributed by atoms with van der Waals surface area (Å²) in [7, 11) is -7.55. The number of rotatable bonds is 6. The first kappa shape index (κ1) is 21.9. The molecule has 3 rings (SSSR count). The number of hydrogen-bond donors (Lipinski definition) is 1. The van der Waals surface area contributed by atoms with Crippen molar-refractivity contribution in [3.63, 3.8) is 0 Å². The first-order chi connectivity index (χ1) is 14.0. The fourth-order valence-electron chi connectivity index (χ4n) is 2.62. The van der Waals surface area contributed by atoms with E-state index in [0.29, 0.717) is 0 Å². The van der Waals surface area contributed by atoms with E-state index in [-0.39, 0.29) is 31.6 Å². The lowest BCUT2D eigenvalue weighted by Gasteiger charge is -2.13. The van der Waals surface area contributed by atoms with Crippen LogP contribution in [-0.4, -0.2) is 33.9 Å². The Kier molecular flexibility index (Phi) is 5.98. The van der Waals surface area contributed by atoms with Gasteiger partial charge < -0.3 is 0 Å². The van der Waals surface area contributed by atoms with Crippen molar-refractivity contribution < 1.29 is 21.6 Å². The number of carbonyl (C=O) groups excluding carboxylic acids is 1. The molecule has 0 unspecified atom stereocenters. The van der Waals surface area contributed by atoms with E-state index < -0.39 is 25.6 Å². The normalized spacial score (nSPS) is 11.8. The monoisotopic (exact) mass is 464 g/mol. The number of ketones is 1. The molecule has 0 saturated carbocycles. The minimum absolute atomic E-state index is 0.00400. The summed E-state index contributed by atoms with van der Waals surface area (Å²) in [5.41, 5.74) is 1.11. The number of sulfonamides is 1. The molecule has 30 heavy (non-hydrogen) atoms. The molecule has 1 aromatic heterocycles.